The first-order chi connectivity index (χ1) is 23.8. The minimum atomic E-state index is -0.553. The summed E-state index contributed by atoms with van der Waals surface area (Å²) in [7, 11) is 0. The van der Waals surface area contributed by atoms with Crippen LogP contribution in [0.4, 0.5) is 0 Å². The molecule has 1 nitrogen and oxygen atoms in total. The SMILES string of the molecule is CSc1ccccc1C1(c2cccc(-c3cc4ccccc4c4ccccc34)c2)c2ccccc2-n2c3ccccc3c3cccc1c32. The molecule has 0 saturated heterocycles. The van der Waals surface area contributed by atoms with Gasteiger partial charge >= 0.3 is 0 Å². The molecule has 1 atom stereocenters. The van der Waals surface area contributed by atoms with Gasteiger partial charge in [0, 0.05) is 15.7 Å². The van der Waals surface area contributed by atoms with Gasteiger partial charge in [0.15, 0.2) is 0 Å². The van der Waals surface area contributed by atoms with Gasteiger partial charge in [-0.3, -0.25) is 0 Å². The molecule has 0 amide bonds. The molecule has 0 spiro atoms. The Bertz CT molecular complexity index is 2730. The highest BCUT2D eigenvalue weighted by atomic mass is 32.2. The van der Waals surface area contributed by atoms with E-state index in [1.54, 1.807) is 0 Å². The maximum Gasteiger partial charge on any atom is 0.0753 e. The summed E-state index contributed by atoms with van der Waals surface area (Å²) in [4.78, 5) is 1.29. The Morgan fingerprint density at radius 1 is 0.479 bits per heavy atom. The van der Waals surface area contributed by atoms with E-state index in [2.05, 4.69) is 181 Å². The number of benzene rings is 8. The predicted molar refractivity (Wildman–Crippen MR) is 205 cm³/mol. The second-order valence-electron chi connectivity index (χ2n) is 12.8. The zero-order chi connectivity index (χ0) is 31.8. The zero-order valence-corrected chi connectivity index (χ0v) is 27.3. The molecule has 9 aromatic rings. The maximum absolute atomic E-state index is 2.51. The van der Waals surface area contributed by atoms with E-state index in [4.69, 9.17) is 0 Å². The fraction of sp³-hybridized carbons (Fsp3) is 0.0435. The van der Waals surface area contributed by atoms with Gasteiger partial charge in [-0.25, -0.2) is 0 Å². The van der Waals surface area contributed by atoms with Gasteiger partial charge in [-0.1, -0.05) is 140 Å². The van der Waals surface area contributed by atoms with Crippen LogP contribution < -0.4 is 0 Å². The largest absolute Gasteiger partial charge is 0.309 e. The molecule has 2 heterocycles. The first kappa shape index (κ1) is 27.5. The van der Waals surface area contributed by atoms with Crippen LogP contribution in [-0.4, -0.2) is 10.8 Å². The van der Waals surface area contributed by atoms with Gasteiger partial charge < -0.3 is 4.57 Å². The molecule has 8 aromatic carbocycles. The van der Waals surface area contributed by atoms with Crippen LogP contribution in [0.2, 0.25) is 0 Å². The Kier molecular flexibility index (Phi) is 6.01. The highest BCUT2D eigenvalue weighted by Gasteiger charge is 2.46. The van der Waals surface area contributed by atoms with E-state index in [1.807, 2.05) is 11.8 Å². The molecule has 0 bridgehead atoms. The van der Waals surface area contributed by atoms with Gasteiger partial charge in [0.1, 0.15) is 0 Å². The molecular formula is C46H31NS. The molecule has 0 fully saturated rings. The predicted octanol–water partition coefficient (Wildman–Crippen LogP) is 12.2. The van der Waals surface area contributed by atoms with Gasteiger partial charge in [0.05, 0.1) is 22.1 Å². The lowest BCUT2D eigenvalue weighted by Gasteiger charge is -2.42. The van der Waals surface area contributed by atoms with Crippen LogP contribution >= 0.6 is 11.8 Å². The number of rotatable bonds is 4. The van der Waals surface area contributed by atoms with E-state index in [0.29, 0.717) is 0 Å². The third kappa shape index (κ3) is 3.64. The lowest BCUT2D eigenvalue weighted by atomic mass is 9.62. The molecule has 1 aliphatic rings. The number of hydrogen-bond donors (Lipinski definition) is 0. The fourth-order valence-corrected chi connectivity index (χ4v) is 9.28. The van der Waals surface area contributed by atoms with Crippen molar-refractivity contribution in [3.05, 3.63) is 192 Å². The fourth-order valence-electron chi connectivity index (χ4n) is 8.63. The van der Waals surface area contributed by atoms with Crippen molar-refractivity contribution >= 4 is 55.1 Å². The lowest BCUT2D eigenvalue weighted by molar-refractivity contribution is 0.712. The Morgan fingerprint density at radius 3 is 2.00 bits per heavy atom. The Morgan fingerprint density at radius 2 is 1.12 bits per heavy atom. The molecular weight excluding hydrogens is 599 g/mol. The van der Waals surface area contributed by atoms with Gasteiger partial charge in [-0.2, -0.15) is 0 Å². The average Bonchev–Trinajstić information content (AvgIpc) is 3.50. The van der Waals surface area contributed by atoms with Gasteiger partial charge in [0.25, 0.3) is 0 Å². The first-order valence-corrected chi connectivity index (χ1v) is 17.8. The van der Waals surface area contributed by atoms with Crippen molar-refractivity contribution in [1.82, 2.24) is 4.57 Å². The van der Waals surface area contributed by atoms with Crippen molar-refractivity contribution < 1.29 is 0 Å². The van der Waals surface area contributed by atoms with Crippen LogP contribution in [0.25, 0.3) is 60.2 Å². The van der Waals surface area contributed by atoms with E-state index in [9.17, 15) is 0 Å². The maximum atomic E-state index is 2.51. The standard InChI is InChI=1S/C46H31NS/c1-48-44-27-11-8-23-40(44)46(32-16-12-15-30(28-32)38-29-31-14-2-3-17-33(31)34-18-4-5-19-35(34)38)39-22-7-10-26-43(39)47-42-25-9-6-20-36(42)37-21-13-24-41(46)45(37)47/h2-29H,1H3. The van der Waals surface area contributed by atoms with Crippen molar-refractivity contribution in [2.24, 2.45) is 0 Å². The van der Waals surface area contributed by atoms with E-state index in [-0.39, 0.29) is 0 Å². The molecule has 0 aliphatic carbocycles. The summed E-state index contributed by atoms with van der Waals surface area (Å²) < 4.78 is 2.51. The van der Waals surface area contributed by atoms with E-state index >= 15 is 0 Å². The Labute approximate surface area is 284 Å². The van der Waals surface area contributed by atoms with Crippen LogP contribution in [0.5, 0.6) is 0 Å². The second kappa shape index (κ2) is 10.5. The van der Waals surface area contributed by atoms with Crippen molar-refractivity contribution in [3.63, 3.8) is 0 Å². The molecule has 0 radical (unpaired) electrons. The number of hydrogen-bond acceptors (Lipinski definition) is 1. The van der Waals surface area contributed by atoms with Crippen LogP contribution in [0.15, 0.2) is 175 Å². The normalized spacial score (nSPS) is 15.4. The molecule has 48 heavy (non-hydrogen) atoms. The second-order valence-corrected chi connectivity index (χ2v) is 13.6. The minimum absolute atomic E-state index is 0.553. The van der Waals surface area contributed by atoms with Gasteiger partial charge in [-0.05, 0) is 91.5 Å². The van der Waals surface area contributed by atoms with Crippen LogP contribution in [0.1, 0.15) is 22.3 Å². The number of thioether (sulfide) groups is 1. The highest BCUT2D eigenvalue weighted by Crippen LogP contribution is 2.56. The number of fused-ring (bicyclic) bond motifs is 8. The number of para-hydroxylation sites is 3. The van der Waals surface area contributed by atoms with Gasteiger partial charge in [-0.15, -0.1) is 11.8 Å². The molecule has 0 saturated carbocycles. The highest BCUT2D eigenvalue weighted by molar-refractivity contribution is 7.98. The van der Waals surface area contributed by atoms with Crippen LogP contribution in [0.3, 0.4) is 0 Å². The third-order valence-corrected chi connectivity index (χ3v) is 11.3. The number of aromatic nitrogens is 1. The summed E-state index contributed by atoms with van der Waals surface area (Å²) in [6.07, 6.45) is 2.20. The molecule has 226 valence electrons. The van der Waals surface area contributed by atoms with E-state index in [1.165, 1.54) is 87.3 Å². The Hall–Kier alpha value is -5.57. The summed E-state index contributed by atoms with van der Waals surface area (Å²) in [5, 5.41) is 7.69. The molecule has 1 aliphatic heterocycles. The quantitative estimate of drug-likeness (QED) is 0.138. The van der Waals surface area contributed by atoms with Crippen molar-refractivity contribution in [3.8, 4) is 16.8 Å². The summed E-state index contributed by atoms with van der Waals surface area (Å²) in [6, 6.07) is 63.3. The van der Waals surface area contributed by atoms with Crippen LogP contribution in [-0.2, 0) is 5.41 Å². The van der Waals surface area contributed by atoms with Crippen molar-refractivity contribution in [2.45, 2.75) is 10.3 Å². The topological polar surface area (TPSA) is 4.93 Å². The minimum Gasteiger partial charge on any atom is -0.309 e. The van der Waals surface area contributed by atoms with E-state index in [0.717, 1.165) is 0 Å². The number of nitrogens with zero attached hydrogens (tertiary/aromatic N) is 1. The van der Waals surface area contributed by atoms with Crippen LogP contribution in [0, 0.1) is 0 Å². The summed E-state index contributed by atoms with van der Waals surface area (Å²) in [5.74, 6) is 0. The Balaban J connectivity index is 1.37. The molecule has 10 rings (SSSR count). The summed E-state index contributed by atoms with van der Waals surface area (Å²) >= 11 is 1.83. The van der Waals surface area contributed by atoms with Gasteiger partial charge in [0.2, 0.25) is 0 Å². The third-order valence-electron chi connectivity index (χ3n) is 10.5. The lowest BCUT2D eigenvalue weighted by Crippen LogP contribution is -2.36. The van der Waals surface area contributed by atoms with E-state index < -0.39 is 5.41 Å². The monoisotopic (exact) mass is 629 g/mol. The first-order valence-electron chi connectivity index (χ1n) is 16.6. The smallest absolute Gasteiger partial charge is 0.0753 e. The average molecular weight is 630 g/mol. The zero-order valence-electron chi connectivity index (χ0n) is 26.5. The molecule has 2 heteroatoms. The molecule has 1 aromatic heterocycles. The van der Waals surface area contributed by atoms with Crippen molar-refractivity contribution in [1.29, 1.82) is 0 Å². The summed E-state index contributed by atoms with van der Waals surface area (Å²) in [5.41, 5.74) is 10.9. The van der Waals surface area contributed by atoms with Crippen molar-refractivity contribution in [2.75, 3.05) is 6.26 Å². The molecule has 0 N–H and O–H groups in total. The molecule has 1 unspecified atom stereocenters. The summed E-state index contributed by atoms with van der Waals surface area (Å²) in [6.45, 7) is 0.